The Hall–Kier alpha value is -2.15. The van der Waals surface area contributed by atoms with Gasteiger partial charge >= 0.3 is 5.69 Å². The summed E-state index contributed by atoms with van der Waals surface area (Å²) in [6.45, 7) is 0.353. The smallest absolute Gasteiger partial charge is 0.350 e. The van der Waals surface area contributed by atoms with Gasteiger partial charge in [-0.05, 0) is 27.6 Å². The molecule has 0 radical (unpaired) electrons. The third-order valence-electron chi connectivity index (χ3n) is 2.82. The molecule has 2 aromatic heterocycles. The van der Waals surface area contributed by atoms with Crippen LogP contribution in [-0.4, -0.2) is 19.2 Å². The molecule has 96 valence electrons. The second kappa shape index (κ2) is 4.51. The highest BCUT2D eigenvalue weighted by Gasteiger charge is 2.09. The van der Waals surface area contributed by atoms with E-state index in [-0.39, 0.29) is 5.69 Å². The van der Waals surface area contributed by atoms with E-state index in [0.29, 0.717) is 17.9 Å². The van der Waals surface area contributed by atoms with E-state index >= 15 is 0 Å². The Bertz CT molecular complexity index is 807. The van der Waals surface area contributed by atoms with Gasteiger partial charge in [0.1, 0.15) is 0 Å². The Morgan fingerprint density at radius 1 is 1.37 bits per heavy atom. The fourth-order valence-corrected chi connectivity index (χ4v) is 2.26. The van der Waals surface area contributed by atoms with Crippen molar-refractivity contribution in [3.8, 4) is 0 Å². The Balaban J connectivity index is 2.09. The molecule has 0 atom stereocenters. The molecule has 0 amide bonds. The van der Waals surface area contributed by atoms with Crippen molar-refractivity contribution in [1.82, 2.24) is 19.2 Å². The normalized spacial score (nSPS) is 11.0. The number of nitrogens with two attached hydrogens (primary N) is 1. The number of nitrogen functional groups attached to an aromatic ring is 1. The monoisotopic (exact) mass is 319 g/mol. The quantitative estimate of drug-likeness (QED) is 0.722. The van der Waals surface area contributed by atoms with Gasteiger partial charge in [0, 0.05) is 22.6 Å². The van der Waals surface area contributed by atoms with E-state index in [0.717, 1.165) is 10.0 Å². The number of halogens is 1. The second-order valence-corrected chi connectivity index (χ2v) is 4.86. The molecule has 3 aromatic rings. The maximum atomic E-state index is 12.1. The van der Waals surface area contributed by atoms with E-state index in [1.165, 1.54) is 9.08 Å². The number of nitrogens with zero attached hydrogens (tertiary/aromatic N) is 4. The highest BCUT2D eigenvalue weighted by molar-refractivity contribution is 9.10. The van der Waals surface area contributed by atoms with Crippen LogP contribution in [-0.2, 0) is 6.54 Å². The van der Waals surface area contributed by atoms with Crippen molar-refractivity contribution in [2.45, 2.75) is 6.54 Å². The first kappa shape index (κ1) is 11.9. The lowest BCUT2D eigenvalue weighted by molar-refractivity contribution is 0.657. The third-order valence-corrected chi connectivity index (χ3v) is 3.78. The molecule has 0 bridgehead atoms. The zero-order chi connectivity index (χ0) is 13.4. The molecule has 0 aliphatic carbocycles. The lowest BCUT2D eigenvalue weighted by atomic mass is 10.2. The van der Waals surface area contributed by atoms with Gasteiger partial charge in [0.25, 0.3) is 0 Å². The molecule has 0 saturated heterocycles. The van der Waals surface area contributed by atoms with Gasteiger partial charge < -0.3 is 5.73 Å². The summed E-state index contributed by atoms with van der Waals surface area (Å²) in [4.78, 5) is 16.1. The Morgan fingerprint density at radius 2 is 2.21 bits per heavy atom. The zero-order valence-electron chi connectivity index (χ0n) is 9.82. The van der Waals surface area contributed by atoms with Crippen LogP contribution in [0.4, 0.5) is 5.69 Å². The van der Waals surface area contributed by atoms with Crippen LogP contribution in [0.5, 0.6) is 0 Å². The molecular formula is C12H10BrN5O. The van der Waals surface area contributed by atoms with Gasteiger partial charge in [-0.1, -0.05) is 12.1 Å². The third kappa shape index (κ3) is 2.01. The maximum absolute atomic E-state index is 12.1. The molecule has 0 spiro atoms. The number of benzene rings is 1. The molecule has 2 N–H and O–H groups in total. The van der Waals surface area contributed by atoms with Crippen molar-refractivity contribution < 1.29 is 0 Å². The summed E-state index contributed by atoms with van der Waals surface area (Å²) in [7, 11) is 0. The minimum atomic E-state index is -0.202. The summed E-state index contributed by atoms with van der Waals surface area (Å²) in [6.07, 6.45) is 4.69. The lowest BCUT2D eigenvalue weighted by Crippen LogP contribution is -2.21. The van der Waals surface area contributed by atoms with Crippen LogP contribution in [0.3, 0.4) is 0 Å². The summed E-state index contributed by atoms with van der Waals surface area (Å²) in [6, 6.07) is 5.54. The summed E-state index contributed by atoms with van der Waals surface area (Å²) < 4.78 is 3.63. The first-order valence-electron chi connectivity index (χ1n) is 5.59. The molecule has 19 heavy (non-hydrogen) atoms. The molecule has 0 aliphatic rings. The van der Waals surface area contributed by atoms with E-state index < -0.39 is 0 Å². The topological polar surface area (TPSA) is 78.2 Å². The number of hydrogen-bond acceptors (Lipinski definition) is 4. The van der Waals surface area contributed by atoms with E-state index in [1.54, 1.807) is 24.7 Å². The fraction of sp³-hybridized carbons (Fsp3) is 0.0833. The molecule has 0 fully saturated rings. The fourth-order valence-electron chi connectivity index (χ4n) is 1.87. The Kier molecular flexibility index (Phi) is 2.83. The number of rotatable bonds is 2. The van der Waals surface area contributed by atoms with Gasteiger partial charge in [-0.25, -0.2) is 13.9 Å². The predicted octanol–water partition coefficient (Wildman–Crippen LogP) is 1.28. The van der Waals surface area contributed by atoms with Crippen molar-refractivity contribution in [2.24, 2.45) is 0 Å². The molecule has 3 rings (SSSR count). The first-order chi connectivity index (χ1) is 9.16. The number of anilines is 1. The van der Waals surface area contributed by atoms with E-state index in [2.05, 4.69) is 26.0 Å². The molecule has 6 nitrogen and oxygen atoms in total. The average Bonchev–Trinajstić information content (AvgIpc) is 2.73. The minimum Gasteiger partial charge on any atom is -0.398 e. The highest BCUT2D eigenvalue weighted by atomic mass is 79.9. The van der Waals surface area contributed by atoms with Gasteiger partial charge in [0.05, 0.1) is 12.7 Å². The predicted molar refractivity (Wildman–Crippen MR) is 74.9 cm³/mol. The van der Waals surface area contributed by atoms with Gasteiger partial charge in [-0.3, -0.25) is 4.98 Å². The Morgan fingerprint density at radius 3 is 3.00 bits per heavy atom. The van der Waals surface area contributed by atoms with Crippen LogP contribution in [0.25, 0.3) is 5.65 Å². The zero-order valence-corrected chi connectivity index (χ0v) is 11.4. The SMILES string of the molecule is Nc1cccc(Cn2nc3cnccn3c2=O)c1Br. The van der Waals surface area contributed by atoms with Crippen molar-refractivity contribution in [1.29, 1.82) is 0 Å². The summed E-state index contributed by atoms with van der Waals surface area (Å²) in [5, 5.41) is 4.22. The summed E-state index contributed by atoms with van der Waals surface area (Å²) in [5.41, 5.74) is 7.67. The average molecular weight is 320 g/mol. The molecule has 0 aliphatic heterocycles. The molecule has 0 unspecified atom stereocenters. The van der Waals surface area contributed by atoms with Crippen LogP contribution < -0.4 is 11.4 Å². The lowest BCUT2D eigenvalue weighted by Gasteiger charge is -2.05. The maximum Gasteiger partial charge on any atom is 0.350 e. The van der Waals surface area contributed by atoms with Gasteiger partial charge in [0.2, 0.25) is 0 Å². The second-order valence-electron chi connectivity index (χ2n) is 4.07. The number of aromatic nitrogens is 4. The largest absolute Gasteiger partial charge is 0.398 e. The Labute approximate surface area is 116 Å². The number of hydrogen-bond donors (Lipinski definition) is 1. The standard InChI is InChI=1S/C12H10BrN5O/c13-11-8(2-1-3-9(11)14)7-18-12(19)17-5-4-15-6-10(17)16-18/h1-6H,7,14H2. The summed E-state index contributed by atoms with van der Waals surface area (Å²) >= 11 is 3.42. The van der Waals surface area contributed by atoms with Crippen molar-refractivity contribution in [3.05, 3.63) is 57.3 Å². The van der Waals surface area contributed by atoms with E-state index in [1.807, 2.05) is 12.1 Å². The van der Waals surface area contributed by atoms with Crippen molar-refractivity contribution in [3.63, 3.8) is 0 Å². The van der Waals surface area contributed by atoms with Gasteiger partial charge in [-0.2, -0.15) is 0 Å². The van der Waals surface area contributed by atoms with E-state index in [4.69, 9.17) is 5.73 Å². The van der Waals surface area contributed by atoms with Gasteiger partial charge in [0.15, 0.2) is 5.65 Å². The van der Waals surface area contributed by atoms with Crippen LogP contribution >= 0.6 is 15.9 Å². The highest BCUT2D eigenvalue weighted by Crippen LogP contribution is 2.23. The first-order valence-corrected chi connectivity index (χ1v) is 6.38. The van der Waals surface area contributed by atoms with Gasteiger partial charge in [-0.15, -0.1) is 5.10 Å². The molecule has 0 saturated carbocycles. The van der Waals surface area contributed by atoms with Crippen LogP contribution in [0.15, 0.2) is 46.1 Å². The van der Waals surface area contributed by atoms with Crippen LogP contribution in [0.2, 0.25) is 0 Å². The molecule has 7 heteroatoms. The molecule has 1 aromatic carbocycles. The minimum absolute atomic E-state index is 0.202. The van der Waals surface area contributed by atoms with Crippen LogP contribution in [0.1, 0.15) is 5.56 Å². The van der Waals surface area contributed by atoms with E-state index in [9.17, 15) is 4.79 Å². The molecular weight excluding hydrogens is 310 g/mol. The van der Waals surface area contributed by atoms with Crippen LogP contribution in [0, 0.1) is 0 Å². The van der Waals surface area contributed by atoms with Crippen molar-refractivity contribution >= 4 is 27.3 Å². The van der Waals surface area contributed by atoms with Crippen molar-refractivity contribution in [2.75, 3.05) is 5.73 Å². The summed E-state index contributed by atoms with van der Waals surface area (Å²) in [5.74, 6) is 0. The number of fused-ring (bicyclic) bond motifs is 1. The molecule has 2 heterocycles.